The molecule has 0 amide bonds. The third kappa shape index (κ3) is 3.90. The van der Waals surface area contributed by atoms with E-state index in [2.05, 4.69) is 27.4 Å². The Bertz CT molecular complexity index is 871. The fourth-order valence-corrected chi connectivity index (χ4v) is 3.86. The number of anilines is 1. The minimum atomic E-state index is 0.0243. The van der Waals surface area contributed by atoms with Crippen LogP contribution in [0, 0.1) is 0 Å². The quantitative estimate of drug-likeness (QED) is 0.796. The van der Waals surface area contributed by atoms with Gasteiger partial charge in [-0.2, -0.15) is 0 Å². The summed E-state index contributed by atoms with van der Waals surface area (Å²) in [5.74, 6) is 1.62. The van der Waals surface area contributed by atoms with E-state index in [0.717, 1.165) is 74.0 Å². The lowest BCUT2D eigenvalue weighted by atomic mass is 10.1. The predicted octanol–water partition coefficient (Wildman–Crippen LogP) is 2.49. The Hall–Kier alpha value is -2.60. The highest BCUT2D eigenvalue weighted by molar-refractivity contribution is 5.36. The Kier molecular flexibility index (Phi) is 5.25. The molecule has 0 atom stereocenters. The van der Waals surface area contributed by atoms with Gasteiger partial charge in [0, 0.05) is 43.9 Å². The van der Waals surface area contributed by atoms with Gasteiger partial charge in [0.25, 0.3) is 5.56 Å². The number of ether oxygens (including phenoxy) is 1. The zero-order valence-corrected chi connectivity index (χ0v) is 15.6. The summed E-state index contributed by atoms with van der Waals surface area (Å²) in [5, 5.41) is 0. The molecule has 1 saturated heterocycles. The summed E-state index contributed by atoms with van der Waals surface area (Å²) < 4.78 is 5.78. The zero-order valence-electron chi connectivity index (χ0n) is 15.6. The van der Waals surface area contributed by atoms with E-state index in [9.17, 15) is 4.79 Å². The molecule has 142 valence electrons. The van der Waals surface area contributed by atoms with Crippen LogP contribution < -0.4 is 15.2 Å². The molecule has 0 unspecified atom stereocenters. The number of hydrogen-bond acceptors (Lipinski definition) is 5. The van der Waals surface area contributed by atoms with Crippen LogP contribution in [0.1, 0.15) is 29.7 Å². The maximum absolute atomic E-state index is 12.5. The first kappa shape index (κ1) is 17.8. The average Bonchev–Trinajstić information content (AvgIpc) is 3.22. The van der Waals surface area contributed by atoms with Gasteiger partial charge in [-0.05, 0) is 25.3 Å². The Morgan fingerprint density at radius 2 is 2.04 bits per heavy atom. The van der Waals surface area contributed by atoms with Crippen LogP contribution in [0.15, 0.2) is 41.7 Å². The monoisotopic (exact) mass is 366 g/mol. The maximum atomic E-state index is 12.5. The van der Waals surface area contributed by atoms with Gasteiger partial charge in [-0.3, -0.25) is 14.7 Å². The van der Waals surface area contributed by atoms with Crippen molar-refractivity contribution in [1.82, 2.24) is 14.9 Å². The van der Waals surface area contributed by atoms with Crippen molar-refractivity contribution < 1.29 is 4.74 Å². The van der Waals surface area contributed by atoms with E-state index >= 15 is 0 Å². The first-order chi connectivity index (χ1) is 13.2. The fourth-order valence-electron chi connectivity index (χ4n) is 3.86. The highest BCUT2D eigenvalue weighted by atomic mass is 16.5. The second kappa shape index (κ2) is 7.96. The van der Waals surface area contributed by atoms with Gasteiger partial charge in [0.05, 0.1) is 5.69 Å². The summed E-state index contributed by atoms with van der Waals surface area (Å²) >= 11 is 0. The van der Waals surface area contributed by atoms with E-state index in [1.165, 1.54) is 0 Å². The summed E-state index contributed by atoms with van der Waals surface area (Å²) in [6, 6.07) is 8.10. The highest BCUT2D eigenvalue weighted by Gasteiger charge is 2.24. The van der Waals surface area contributed by atoms with Crippen LogP contribution in [-0.4, -0.2) is 41.1 Å². The molecule has 27 heavy (non-hydrogen) atoms. The second-order valence-corrected chi connectivity index (χ2v) is 7.18. The number of rotatable bonds is 6. The number of aromatic nitrogens is 2. The normalized spacial score (nSPS) is 17.0. The molecule has 0 spiro atoms. The molecule has 2 aliphatic heterocycles. The first-order valence-corrected chi connectivity index (χ1v) is 9.65. The molecule has 1 fully saturated rings. The van der Waals surface area contributed by atoms with Gasteiger partial charge in [0.2, 0.25) is 5.95 Å². The van der Waals surface area contributed by atoms with Crippen molar-refractivity contribution >= 4 is 5.95 Å². The molecule has 1 aromatic heterocycles. The summed E-state index contributed by atoms with van der Waals surface area (Å²) in [6.07, 6.45) is 4.81. The first-order valence-electron chi connectivity index (χ1n) is 9.65. The molecular formula is C21H26N4O2. The van der Waals surface area contributed by atoms with Gasteiger partial charge in [-0.25, -0.2) is 4.98 Å². The third-order valence-corrected chi connectivity index (χ3v) is 5.27. The van der Waals surface area contributed by atoms with Gasteiger partial charge in [0.1, 0.15) is 12.4 Å². The second-order valence-electron chi connectivity index (χ2n) is 7.18. The largest absolute Gasteiger partial charge is 0.489 e. The number of benzene rings is 1. The van der Waals surface area contributed by atoms with Gasteiger partial charge >= 0.3 is 0 Å². The van der Waals surface area contributed by atoms with E-state index in [1.807, 2.05) is 18.2 Å². The van der Waals surface area contributed by atoms with Gasteiger partial charge in [-0.1, -0.05) is 30.9 Å². The predicted molar refractivity (Wildman–Crippen MR) is 106 cm³/mol. The molecule has 6 nitrogen and oxygen atoms in total. The Morgan fingerprint density at radius 3 is 2.85 bits per heavy atom. The van der Waals surface area contributed by atoms with E-state index in [4.69, 9.17) is 9.72 Å². The SMILES string of the molecule is C=CCOc1ccccc1CN1CCc2c(nc(N3CCCC3)[nH]c2=O)C1. The number of nitrogens with one attached hydrogen (secondary N) is 1. The molecule has 2 aliphatic rings. The smallest absolute Gasteiger partial charge is 0.255 e. The molecule has 0 aliphatic carbocycles. The van der Waals surface area contributed by atoms with Gasteiger partial charge in [-0.15, -0.1) is 0 Å². The Morgan fingerprint density at radius 1 is 1.22 bits per heavy atom. The van der Waals surface area contributed by atoms with Crippen molar-refractivity contribution in [3.63, 3.8) is 0 Å². The topological polar surface area (TPSA) is 61.5 Å². The van der Waals surface area contributed by atoms with Gasteiger partial charge < -0.3 is 9.64 Å². The number of aromatic amines is 1. The van der Waals surface area contributed by atoms with Crippen LogP contribution in [0.2, 0.25) is 0 Å². The zero-order chi connectivity index (χ0) is 18.6. The molecule has 0 bridgehead atoms. The van der Waals surface area contributed by atoms with Crippen LogP contribution in [0.25, 0.3) is 0 Å². The number of fused-ring (bicyclic) bond motifs is 1. The van der Waals surface area contributed by atoms with Gasteiger partial charge in [0.15, 0.2) is 0 Å². The van der Waals surface area contributed by atoms with Crippen molar-refractivity contribution in [2.45, 2.75) is 32.4 Å². The van der Waals surface area contributed by atoms with Crippen molar-refractivity contribution in [2.75, 3.05) is 31.1 Å². The average molecular weight is 366 g/mol. The Labute approximate surface area is 159 Å². The molecule has 0 radical (unpaired) electrons. The van der Waals surface area contributed by atoms with Crippen molar-refractivity contribution in [3.05, 3.63) is 64.1 Å². The van der Waals surface area contributed by atoms with Crippen LogP contribution >= 0.6 is 0 Å². The van der Waals surface area contributed by atoms with E-state index in [0.29, 0.717) is 13.2 Å². The lowest BCUT2D eigenvalue weighted by Crippen LogP contribution is -2.36. The molecule has 6 heteroatoms. The van der Waals surface area contributed by atoms with E-state index < -0.39 is 0 Å². The molecular weight excluding hydrogens is 340 g/mol. The number of hydrogen-bond donors (Lipinski definition) is 1. The van der Waals surface area contributed by atoms with Crippen LogP contribution in [0.3, 0.4) is 0 Å². The van der Waals surface area contributed by atoms with E-state index in [-0.39, 0.29) is 5.56 Å². The van der Waals surface area contributed by atoms with Crippen LogP contribution in [-0.2, 0) is 19.5 Å². The lowest BCUT2D eigenvalue weighted by molar-refractivity contribution is 0.235. The molecule has 4 rings (SSSR count). The molecule has 2 aromatic rings. The van der Waals surface area contributed by atoms with Crippen LogP contribution in [0.5, 0.6) is 5.75 Å². The Balaban J connectivity index is 1.53. The minimum Gasteiger partial charge on any atom is -0.489 e. The van der Waals surface area contributed by atoms with Crippen molar-refractivity contribution in [3.8, 4) is 5.75 Å². The summed E-state index contributed by atoms with van der Waals surface area (Å²) in [4.78, 5) is 24.8. The third-order valence-electron chi connectivity index (χ3n) is 5.27. The number of H-pyrrole nitrogens is 1. The molecule has 3 heterocycles. The minimum absolute atomic E-state index is 0.0243. The fraction of sp³-hybridized carbons (Fsp3) is 0.429. The number of nitrogens with zero attached hydrogens (tertiary/aromatic N) is 3. The van der Waals surface area contributed by atoms with E-state index in [1.54, 1.807) is 6.08 Å². The standard InChI is InChI=1S/C21H26N4O2/c1-2-13-27-19-8-4-3-7-16(19)14-24-12-9-17-18(15-24)22-21(23-20(17)26)25-10-5-6-11-25/h2-4,7-8H,1,5-6,9-15H2,(H,22,23,26). The maximum Gasteiger partial charge on any atom is 0.255 e. The highest BCUT2D eigenvalue weighted by Crippen LogP contribution is 2.24. The van der Waals surface area contributed by atoms with Crippen LogP contribution in [0.4, 0.5) is 5.95 Å². The summed E-state index contributed by atoms with van der Waals surface area (Å²) in [7, 11) is 0. The van der Waals surface area contributed by atoms with Crippen molar-refractivity contribution in [1.29, 1.82) is 0 Å². The number of para-hydroxylation sites is 1. The lowest BCUT2D eigenvalue weighted by Gasteiger charge is -2.29. The summed E-state index contributed by atoms with van der Waals surface area (Å²) in [5.41, 5.74) is 2.92. The molecule has 0 saturated carbocycles. The summed E-state index contributed by atoms with van der Waals surface area (Å²) in [6.45, 7) is 8.47. The molecule has 1 N–H and O–H groups in total. The molecule has 1 aromatic carbocycles. The van der Waals surface area contributed by atoms with Crippen molar-refractivity contribution in [2.24, 2.45) is 0 Å².